The molecule has 104 valence electrons. The topological polar surface area (TPSA) is 35.2 Å². The first-order valence-electron chi connectivity index (χ1n) is 6.70. The van der Waals surface area contributed by atoms with Gasteiger partial charge in [0.15, 0.2) is 0 Å². The van der Waals surface area contributed by atoms with Gasteiger partial charge in [0.1, 0.15) is 12.4 Å². The molecule has 1 unspecified atom stereocenters. The Morgan fingerprint density at radius 1 is 1.05 bits per heavy atom. The van der Waals surface area contributed by atoms with E-state index in [0.717, 1.165) is 12.2 Å². The summed E-state index contributed by atoms with van der Waals surface area (Å²) in [5.41, 5.74) is 8.02. The molecule has 0 spiro atoms. The van der Waals surface area contributed by atoms with Crippen molar-refractivity contribution in [2.45, 2.75) is 20.0 Å². The Labute approximate surface area is 125 Å². The fourth-order valence-electron chi connectivity index (χ4n) is 1.92. The van der Waals surface area contributed by atoms with Crippen LogP contribution in [0.5, 0.6) is 5.75 Å². The highest BCUT2D eigenvalue weighted by Gasteiger charge is 2.06. The second-order valence-corrected chi connectivity index (χ2v) is 5.40. The zero-order valence-electron chi connectivity index (χ0n) is 11.6. The van der Waals surface area contributed by atoms with E-state index in [0.29, 0.717) is 11.6 Å². The molecule has 0 bridgehead atoms. The third-order valence-electron chi connectivity index (χ3n) is 3.20. The Bertz CT molecular complexity index is 551. The van der Waals surface area contributed by atoms with Crippen molar-refractivity contribution in [1.29, 1.82) is 0 Å². The smallest absolute Gasteiger partial charge is 0.119 e. The summed E-state index contributed by atoms with van der Waals surface area (Å²) in [6, 6.07) is 18.2. The number of rotatable bonds is 6. The first-order chi connectivity index (χ1) is 9.65. The Morgan fingerprint density at radius 2 is 1.70 bits per heavy atom. The van der Waals surface area contributed by atoms with E-state index in [-0.39, 0.29) is 5.92 Å². The van der Waals surface area contributed by atoms with Crippen molar-refractivity contribution in [2.24, 2.45) is 11.7 Å². The van der Waals surface area contributed by atoms with Gasteiger partial charge in [0, 0.05) is 5.92 Å². The summed E-state index contributed by atoms with van der Waals surface area (Å²) in [5.74, 6) is 1.10. The fraction of sp³-hybridized carbons (Fsp3) is 0.235. The summed E-state index contributed by atoms with van der Waals surface area (Å²) in [4.78, 5) is 0.564. The van der Waals surface area contributed by atoms with Crippen LogP contribution in [0.2, 0.25) is 0 Å². The van der Waals surface area contributed by atoms with Gasteiger partial charge in [-0.05, 0) is 29.7 Å². The molecule has 0 aliphatic rings. The van der Waals surface area contributed by atoms with Crippen LogP contribution in [0, 0.1) is 5.92 Å². The summed E-state index contributed by atoms with van der Waals surface area (Å²) in [7, 11) is 0. The number of thiocarbonyl (C=S) groups is 1. The highest BCUT2D eigenvalue weighted by atomic mass is 32.1. The molecule has 1 atom stereocenters. The number of benzene rings is 2. The Kier molecular flexibility index (Phi) is 5.13. The molecule has 2 rings (SSSR count). The summed E-state index contributed by atoms with van der Waals surface area (Å²) in [6.45, 7) is 2.63. The molecule has 2 aromatic carbocycles. The van der Waals surface area contributed by atoms with Crippen LogP contribution >= 0.6 is 12.2 Å². The molecule has 0 aromatic heterocycles. The first kappa shape index (κ1) is 14.5. The molecule has 2 nitrogen and oxygen atoms in total. The molecule has 0 saturated heterocycles. The molecule has 0 radical (unpaired) electrons. The minimum Gasteiger partial charge on any atom is -0.489 e. The van der Waals surface area contributed by atoms with E-state index >= 15 is 0 Å². The molecular formula is C17H19NOS. The van der Waals surface area contributed by atoms with Crippen LogP contribution in [-0.2, 0) is 13.0 Å². The molecule has 0 saturated carbocycles. The third kappa shape index (κ3) is 4.35. The molecule has 0 aliphatic carbocycles. The molecule has 2 N–H and O–H groups in total. The Morgan fingerprint density at radius 3 is 2.30 bits per heavy atom. The maximum atomic E-state index is 5.75. The van der Waals surface area contributed by atoms with E-state index < -0.39 is 0 Å². The molecular weight excluding hydrogens is 266 g/mol. The summed E-state index contributed by atoms with van der Waals surface area (Å²) in [5, 5.41) is 0. The van der Waals surface area contributed by atoms with Gasteiger partial charge in [-0.2, -0.15) is 0 Å². The van der Waals surface area contributed by atoms with E-state index in [9.17, 15) is 0 Å². The SMILES string of the molecule is CC(Cc1ccc(OCc2ccccc2)cc1)C(N)=S. The van der Waals surface area contributed by atoms with Crippen LogP contribution in [0.1, 0.15) is 18.1 Å². The normalized spacial score (nSPS) is 11.8. The summed E-state index contributed by atoms with van der Waals surface area (Å²) in [6.07, 6.45) is 0.869. The van der Waals surface area contributed by atoms with E-state index in [2.05, 4.69) is 24.3 Å². The highest BCUT2D eigenvalue weighted by molar-refractivity contribution is 7.80. The molecule has 0 aliphatic heterocycles. The average molecular weight is 285 g/mol. The zero-order valence-corrected chi connectivity index (χ0v) is 12.4. The summed E-state index contributed by atoms with van der Waals surface area (Å²) < 4.78 is 5.75. The lowest BCUT2D eigenvalue weighted by Gasteiger charge is -2.10. The quantitative estimate of drug-likeness (QED) is 0.821. The Balaban J connectivity index is 1.90. The van der Waals surface area contributed by atoms with Gasteiger partial charge in [0.25, 0.3) is 0 Å². The second-order valence-electron chi connectivity index (χ2n) is 4.93. The largest absolute Gasteiger partial charge is 0.489 e. The number of hydrogen-bond donors (Lipinski definition) is 1. The van der Waals surface area contributed by atoms with Crippen molar-refractivity contribution in [2.75, 3.05) is 0 Å². The van der Waals surface area contributed by atoms with Gasteiger partial charge in [0.2, 0.25) is 0 Å². The van der Waals surface area contributed by atoms with Crippen molar-refractivity contribution in [3.05, 3.63) is 65.7 Å². The van der Waals surface area contributed by atoms with Gasteiger partial charge in [-0.1, -0.05) is 61.6 Å². The average Bonchev–Trinajstić information content (AvgIpc) is 2.47. The molecule has 3 heteroatoms. The standard InChI is InChI=1S/C17H19NOS/c1-13(17(18)20)11-14-7-9-16(10-8-14)19-12-15-5-3-2-4-6-15/h2-10,13H,11-12H2,1H3,(H2,18,20). The van der Waals surface area contributed by atoms with E-state index in [4.69, 9.17) is 22.7 Å². The summed E-state index contributed by atoms with van der Waals surface area (Å²) >= 11 is 4.99. The predicted octanol–water partition coefficient (Wildman–Crippen LogP) is 3.73. The highest BCUT2D eigenvalue weighted by Crippen LogP contribution is 2.16. The van der Waals surface area contributed by atoms with Gasteiger partial charge in [0.05, 0.1) is 4.99 Å². The molecule has 2 aromatic rings. The maximum absolute atomic E-state index is 5.75. The van der Waals surface area contributed by atoms with Crippen LogP contribution in [0.4, 0.5) is 0 Å². The van der Waals surface area contributed by atoms with Gasteiger partial charge in [-0.15, -0.1) is 0 Å². The monoisotopic (exact) mass is 285 g/mol. The van der Waals surface area contributed by atoms with Gasteiger partial charge in [-0.25, -0.2) is 0 Å². The van der Waals surface area contributed by atoms with E-state index in [1.807, 2.05) is 37.3 Å². The second kappa shape index (κ2) is 7.06. The van der Waals surface area contributed by atoms with Crippen LogP contribution < -0.4 is 10.5 Å². The van der Waals surface area contributed by atoms with Gasteiger partial charge in [-0.3, -0.25) is 0 Å². The van der Waals surface area contributed by atoms with E-state index in [1.54, 1.807) is 0 Å². The Hall–Kier alpha value is -1.87. The third-order valence-corrected chi connectivity index (χ3v) is 3.60. The number of nitrogens with two attached hydrogens (primary N) is 1. The van der Waals surface area contributed by atoms with Gasteiger partial charge < -0.3 is 10.5 Å². The maximum Gasteiger partial charge on any atom is 0.119 e. The number of hydrogen-bond acceptors (Lipinski definition) is 2. The van der Waals surface area contributed by atoms with Crippen molar-refractivity contribution >= 4 is 17.2 Å². The van der Waals surface area contributed by atoms with Crippen molar-refractivity contribution in [3.63, 3.8) is 0 Å². The van der Waals surface area contributed by atoms with Crippen LogP contribution in [0.15, 0.2) is 54.6 Å². The number of ether oxygens (including phenoxy) is 1. The lowest BCUT2D eigenvalue weighted by molar-refractivity contribution is 0.306. The lowest BCUT2D eigenvalue weighted by atomic mass is 10.0. The molecule has 0 amide bonds. The van der Waals surface area contributed by atoms with Crippen LogP contribution in [0.3, 0.4) is 0 Å². The minimum atomic E-state index is 0.223. The lowest BCUT2D eigenvalue weighted by Crippen LogP contribution is -2.20. The minimum absolute atomic E-state index is 0.223. The van der Waals surface area contributed by atoms with Crippen molar-refractivity contribution in [1.82, 2.24) is 0 Å². The molecule has 20 heavy (non-hydrogen) atoms. The fourth-order valence-corrected chi connectivity index (χ4v) is 2.00. The van der Waals surface area contributed by atoms with Crippen molar-refractivity contribution in [3.8, 4) is 5.75 Å². The van der Waals surface area contributed by atoms with Crippen molar-refractivity contribution < 1.29 is 4.74 Å². The molecule has 0 fully saturated rings. The van der Waals surface area contributed by atoms with Gasteiger partial charge >= 0.3 is 0 Å². The van der Waals surface area contributed by atoms with Crippen LogP contribution in [0.25, 0.3) is 0 Å². The van der Waals surface area contributed by atoms with E-state index in [1.165, 1.54) is 11.1 Å². The zero-order chi connectivity index (χ0) is 14.4. The predicted molar refractivity (Wildman–Crippen MR) is 86.9 cm³/mol. The molecule has 0 heterocycles. The first-order valence-corrected chi connectivity index (χ1v) is 7.11. The van der Waals surface area contributed by atoms with Crippen LogP contribution in [-0.4, -0.2) is 4.99 Å².